The molecule has 21 heavy (non-hydrogen) atoms. The van der Waals surface area contributed by atoms with Crippen molar-refractivity contribution in [1.82, 2.24) is 10.3 Å². The zero-order valence-corrected chi connectivity index (χ0v) is 12.9. The third-order valence-corrected chi connectivity index (χ3v) is 4.30. The van der Waals surface area contributed by atoms with Gasteiger partial charge in [0.05, 0.1) is 5.52 Å². The molecule has 0 saturated carbocycles. The quantitative estimate of drug-likeness (QED) is 0.930. The van der Waals surface area contributed by atoms with E-state index in [0.717, 1.165) is 25.2 Å². The predicted molar refractivity (Wildman–Crippen MR) is 89.8 cm³/mol. The number of hydrogen-bond acceptors (Lipinski definition) is 3. The van der Waals surface area contributed by atoms with Crippen molar-refractivity contribution in [3.8, 4) is 0 Å². The van der Waals surface area contributed by atoms with Gasteiger partial charge in [0, 0.05) is 30.6 Å². The minimum absolute atomic E-state index is 0.879. The Balaban J connectivity index is 1.98. The summed E-state index contributed by atoms with van der Waals surface area (Å²) >= 11 is 0. The van der Waals surface area contributed by atoms with E-state index in [1.54, 1.807) is 0 Å². The van der Waals surface area contributed by atoms with Gasteiger partial charge in [0.15, 0.2) is 0 Å². The molecule has 1 aliphatic rings. The largest absolute Gasteiger partial charge is 0.356 e. The molecule has 3 heteroatoms. The molecular weight excluding hydrogens is 258 g/mol. The van der Waals surface area contributed by atoms with Crippen molar-refractivity contribution < 1.29 is 0 Å². The van der Waals surface area contributed by atoms with Crippen LogP contribution >= 0.6 is 0 Å². The number of fused-ring (bicyclic) bond motifs is 1. The van der Waals surface area contributed by atoms with Crippen molar-refractivity contribution >= 4 is 16.7 Å². The van der Waals surface area contributed by atoms with Crippen molar-refractivity contribution in [2.24, 2.45) is 0 Å². The SMILES string of the molecule is CNCc1cc2ccccc2nc1N1CCCCCCC1. The van der Waals surface area contributed by atoms with E-state index in [4.69, 9.17) is 4.98 Å². The van der Waals surface area contributed by atoms with Gasteiger partial charge in [-0.15, -0.1) is 0 Å². The van der Waals surface area contributed by atoms with Crippen molar-refractivity contribution in [3.63, 3.8) is 0 Å². The van der Waals surface area contributed by atoms with Crippen molar-refractivity contribution in [1.29, 1.82) is 0 Å². The molecule has 1 fully saturated rings. The molecule has 0 spiro atoms. The van der Waals surface area contributed by atoms with Gasteiger partial charge in [-0.3, -0.25) is 0 Å². The lowest BCUT2D eigenvalue weighted by atomic mass is 10.1. The Bertz CT molecular complexity index is 586. The number of nitrogens with zero attached hydrogens (tertiary/aromatic N) is 2. The number of nitrogens with one attached hydrogen (secondary N) is 1. The number of pyridine rings is 1. The van der Waals surface area contributed by atoms with Crippen LogP contribution in [0.3, 0.4) is 0 Å². The van der Waals surface area contributed by atoms with Crippen molar-refractivity contribution in [3.05, 3.63) is 35.9 Å². The Labute approximate surface area is 127 Å². The van der Waals surface area contributed by atoms with Crippen LogP contribution in [0.1, 0.15) is 37.7 Å². The van der Waals surface area contributed by atoms with E-state index >= 15 is 0 Å². The van der Waals surface area contributed by atoms with Crippen LogP contribution in [0, 0.1) is 0 Å². The molecule has 0 bridgehead atoms. The number of aromatic nitrogens is 1. The van der Waals surface area contributed by atoms with Crippen molar-refractivity contribution in [2.45, 2.75) is 38.6 Å². The lowest BCUT2D eigenvalue weighted by Crippen LogP contribution is -2.29. The van der Waals surface area contributed by atoms with Crippen molar-refractivity contribution in [2.75, 3.05) is 25.0 Å². The summed E-state index contributed by atoms with van der Waals surface area (Å²) in [6.45, 7) is 3.16. The van der Waals surface area contributed by atoms with Crippen LogP contribution in [0.2, 0.25) is 0 Å². The highest BCUT2D eigenvalue weighted by Crippen LogP contribution is 2.25. The number of rotatable bonds is 3. The fraction of sp³-hybridized carbons (Fsp3) is 0.500. The maximum atomic E-state index is 4.98. The molecule has 1 N–H and O–H groups in total. The second-order valence-electron chi connectivity index (χ2n) is 5.95. The minimum Gasteiger partial charge on any atom is -0.356 e. The molecule has 0 radical (unpaired) electrons. The first-order valence-electron chi connectivity index (χ1n) is 8.17. The summed E-state index contributed by atoms with van der Waals surface area (Å²) in [5.74, 6) is 1.19. The molecule has 1 saturated heterocycles. The zero-order chi connectivity index (χ0) is 14.5. The van der Waals surface area contributed by atoms with Crippen LogP contribution in [-0.2, 0) is 6.54 Å². The first-order valence-corrected chi connectivity index (χ1v) is 8.17. The molecule has 0 aliphatic carbocycles. The second-order valence-corrected chi connectivity index (χ2v) is 5.95. The molecule has 112 valence electrons. The van der Waals surface area contributed by atoms with Gasteiger partial charge in [-0.05, 0) is 32.0 Å². The predicted octanol–water partition coefficient (Wildman–Crippen LogP) is 3.72. The maximum Gasteiger partial charge on any atom is 0.133 e. The molecule has 0 unspecified atom stereocenters. The molecule has 0 atom stereocenters. The van der Waals surface area contributed by atoms with E-state index in [0.29, 0.717) is 0 Å². The lowest BCUT2D eigenvalue weighted by molar-refractivity contribution is 0.552. The Morgan fingerprint density at radius 2 is 1.76 bits per heavy atom. The molecule has 3 rings (SSSR count). The summed E-state index contributed by atoms with van der Waals surface area (Å²) < 4.78 is 0. The number of hydrogen-bond donors (Lipinski definition) is 1. The van der Waals surface area contributed by atoms with Gasteiger partial charge in [0.1, 0.15) is 5.82 Å². The van der Waals surface area contributed by atoms with E-state index in [-0.39, 0.29) is 0 Å². The van der Waals surface area contributed by atoms with E-state index in [9.17, 15) is 0 Å². The maximum absolute atomic E-state index is 4.98. The van der Waals surface area contributed by atoms with Gasteiger partial charge in [-0.25, -0.2) is 4.98 Å². The normalized spacial score (nSPS) is 16.7. The van der Waals surface area contributed by atoms with Crippen LogP contribution in [0.4, 0.5) is 5.82 Å². The highest BCUT2D eigenvalue weighted by Gasteiger charge is 2.15. The third kappa shape index (κ3) is 3.35. The monoisotopic (exact) mass is 283 g/mol. The molecular formula is C18H25N3. The summed E-state index contributed by atoms with van der Waals surface area (Å²) in [5, 5.41) is 4.52. The highest BCUT2D eigenvalue weighted by molar-refractivity contribution is 5.81. The molecule has 2 aromatic rings. The fourth-order valence-electron chi connectivity index (χ4n) is 3.20. The summed E-state index contributed by atoms with van der Waals surface area (Å²) in [4.78, 5) is 7.47. The summed E-state index contributed by atoms with van der Waals surface area (Å²) in [6, 6.07) is 10.7. The first-order chi connectivity index (χ1) is 10.4. The highest BCUT2D eigenvalue weighted by atomic mass is 15.2. The van der Waals surface area contributed by atoms with Gasteiger partial charge >= 0.3 is 0 Å². The standard InChI is InChI=1S/C18H25N3/c1-19-14-16-13-15-9-5-6-10-17(15)20-18(16)21-11-7-3-2-4-8-12-21/h5-6,9-10,13,19H,2-4,7-8,11-12,14H2,1H3. The average Bonchev–Trinajstić information content (AvgIpc) is 2.47. The molecule has 3 nitrogen and oxygen atoms in total. The molecule has 1 aromatic heterocycles. The number of anilines is 1. The van der Waals surface area contributed by atoms with Gasteiger partial charge in [-0.2, -0.15) is 0 Å². The molecule has 1 aromatic carbocycles. The van der Waals surface area contributed by atoms with E-state index < -0.39 is 0 Å². The second kappa shape index (κ2) is 6.90. The van der Waals surface area contributed by atoms with Crippen LogP contribution in [0.5, 0.6) is 0 Å². The van der Waals surface area contributed by atoms with Gasteiger partial charge in [0.25, 0.3) is 0 Å². The summed E-state index contributed by atoms with van der Waals surface area (Å²) in [6.07, 6.45) is 6.67. The smallest absolute Gasteiger partial charge is 0.133 e. The first kappa shape index (κ1) is 14.3. The van der Waals surface area contributed by atoms with Crippen LogP contribution < -0.4 is 10.2 Å². The van der Waals surface area contributed by atoms with Crippen LogP contribution in [0.15, 0.2) is 30.3 Å². The molecule has 2 heterocycles. The topological polar surface area (TPSA) is 28.2 Å². The Hall–Kier alpha value is -1.61. The average molecular weight is 283 g/mol. The molecule has 0 amide bonds. The van der Waals surface area contributed by atoms with Gasteiger partial charge in [0.2, 0.25) is 0 Å². The van der Waals surface area contributed by atoms with E-state index in [1.165, 1.54) is 48.9 Å². The Kier molecular flexibility index (Phi) is 4.71. The van der Waals surface area contributed by atoms with E-state index in [1.807, 2.05) is 7.05 Å². The molecule has 1 aliphatic heterocycles. The summed E-state index contributed by atoms with van der Waals surface area (Å²) in [5.41, 5.74) is 2.42. The number of para-hydroxylation sites is 1. The Morgan fingerprint density at radius 1 is 1.05 bits per heavy atom. The zero-order valence-electron chi connectivity index (χ0n) is 12.9. The van der Waals surface area contributed by atoms with Crippen LogP contribution in [-0.4, -0.2) is 25.1 Å². The van der Waals surface area contributed by atoms with Gasteiger partial charge < -0.3 is 10.2 Å². The third-order valence-electron chi connectivity index (χ3n) is 4.30. The van der Waals surface area contributed by atoms with Crippen LogP contribution in [0.25, 0.3) is 10.9 Å². The minimum atomic E-state index is 0.879. The van der Waals surface area contributed by atoms with Gasteiger partial charge in [-0.1, -0.05) is 37.5 Å². The fourth-order valence-corrected chi connectivity index (χ4v) is 3.20. The summed E-state index contributed by atoms with van der Waals surface area (Å²) in [7, 11) is 2.01. The Morgan fingerprint density at radius 3 is 2.52 bits per heavy atom. The lowest BCUT2D eigenvalue weighted by Gasteiger charge is -2.28. The number of benzene rings is 1. The van der Waals surface area contributed by atoms with E-state index in [2.05, 4.69) is 40.5 Å².